The largest absolute Gasteiger partial charge is 0.291 e. The standard InChI is InChI=1S/C47H29N5/c1-4-16-30(17-5-1)43-35-24-10-13-25-39(35)48-47(50-43)51-40-26-14-12-23-34(40)37-28-36-33-22-11-15-27-41(33)52-45(38(36)29-42(37)51)44(31-18-6-2-7-19-31)49-46(52)32-20-8-3-9-21-32/h1-29H. The van der Waals surface area contributed by atoms with Crippen molar-refractivity contribution >= 4 is 59.9 Å². The normalized spacial score (nSPS) is 11.8. The van der Waals surface area contributed by atoms with Gasteiger partial charge in [-0.3, -0.25) is 8.97 Å². The van der Waals surface area contributed by atoms with Crippen molar-refractivity contribution < 1.29 is 0 Å². The highest BCUT2D eigenvalue weighted by atomic mass is 15.2. The molecule has 0 fully saturated rings. The average Bonchev–Trinajstić information content (AvgIpc) is 3.78. The number of benzene rings is 7. The molecule has 0 aliphatic heterocycles. The van der Waals surface area contributed by atoms with E-state index in [2.05, 4.69) is 173 Å². The minimum Gasteiger partial charge on any atom is -0.291 e. The topological polar surface area (TPSA) is 48.0 Å². The summed E-state index contributed by atoms with van der Waals surface area (Å²) in [5, 5.41) is 6.80. The highest BCUT2D eigenvalue weighted by molar-refractivity contribution is 6.23. The zero-order valence-corrected chi connectivity index (χ0v) is 28.0. The van der Waals surface area contributed by atoms with Crippen LogP contribution in [0.1, 0.15) is 0 Å². The van der Waals surface area contributed by atoms with Crippen LogP contribution >= 0.6 is 0 Å². The molecule has 0 amide bonds. The second kappa shape index (κ2) is 11.2. The van der Waals surface area contributed by atoms with E-state index in [1.54, 1.807) is 0 Å². The Bertz CT molecular complexity index is 3160. The summed E-state index contributed by atoms with van der Waals surface area (Å²) >= 11 is 0. The fourth-order valence-electron chi connectivity index (χ4n) is 8.01. The number of para-hydroxylation sites is 3. The second-order valence-electron chi connectivity index (χ2n) is 13.2. The number of hydrogen-bond acceptors (Lipinski definition) is 3. The minimum absolute atomic E-state index is 0.640. The zero-order chi connectivity index (χ0) is 34.2. The van der Waals surface area contributed by atoms with Crippen molar-refractivity contribution in [2.75, 3.05) is 0 Å². The second-order valence-corrected chi connectivity index (χ2v) is 13.2. The molecule has 0 saturated heterocycles. The van der Waals surface area contributed by atoms with Crippen LogP contribution in [-0.4, -0.2) is 23.9 Å². The Balaban J connectivity index is 1.33. The lowest BCUT2D eigenvalue weighted by Gasteiger charge is -2.14. The Labute approximate surface area is 298 Å². The molecule has 0 bridgehead atoms. The molecule has 0 radical (unpaired) electrons. The smallest absolute Gasteiger partial charge is 0.235 e. The number of pyridine rings is 1. The summed E-state index contributed by atoms with van der Waals surface area (Å²) in [6.45, 7) is 0. The van der Waals surface area contributed by atoms with Gasteiger partial charge in [-0.25, -0.2) is 15.0 Å². The number of fused-ring (bicyclic) bond motifs is 10. The van der Waals surface area contributed by atoms with Crippen molar-refractivity contribution in [1.29, 1.82) is 0 Å². The van der Waals surface area contributed by atoms with Crippen molar-refractivity contribution in [3.05, 3.63) is 176 Å². The average molecular weight is 664 g/mol. The summed E-state index contributed by atoms with van der Waals surface area (Å²) in [7, 11) is 0. The van der Waals surface area contributed by atoms with E-state index in [0.717, 1.165) is 83.0 Å². The van der Waals surface area contributed by atoms with Crippen LogP contribution in [-0.2, 0) is 0 Å². The summed E-state index contributed by atoms with van der Waals surface area (Å²) < 4.78 is 4.60. The third-order valence-corrected chi connectivity index (χ3v) is 10.3. The van der Waals surface area contributed by atoms with E-state index in [0.29, 0.717) is 5.95 Å². The highest BCUT2D eigenvalue weighted by Crippen LogP contribution is 2.43. The molecule has 5 heteroatoms. The number of hydrogen-bond donors (Lipinski definition) is 0. The fourth-order valence-corrected chi connectivity index (χ4v) is 8.01. The third-order valence-electron chi connectivity index (χ3n) is 10.3. The van der Waals surface area contributed by atoms with Crippen LogP contribution in [0.2, 0.25) is 0 Å². The molecule has 0 aliphatic rings. The Hall–Kier alpha value is -7.11. The molecule has 5 nitrogen and oxygen atoms in total. The molecule has 52 heavy (non-hydrogen) atoms. The van der Waals surface area contributed by atoms with Gasteiger partial charge in [-0.2, -0.15) is 0 Å². The van der Waals surface area contributed by atoms with Crippen LogP contribution in [0.25, 0.3) is 99.8 Å². The lowest BCUT2D eigenvalue weighted by molar-refractivity contribution is 1.01. The van der Waals surface area contributed by atoms with E-state index in [1.807, 2.05) is 12.1 Å². The number of nitrogens with zero attached hydrogens (tertiary/aromatic N) is 5. The van der Waals surface area contributed by atoms with Gasteiger partial charge in [-0.15, -0.1) is 0 Å². The molecule has 11 rings (SSSR count). The quantitative estimate of drug-likeness (QED) is 0.176. The molecule has 11 aromatic rings. The van der Waals surface area contributed by atoms with Gasteiger partial charge in [0.1, 0.15) is 5.82 Å². The molecule has 0 atom stereocenters. The summed E-state index contributed by atoms with van der Waals surface area (Å²) in [5.41, 5.74) is 10.3. The molecule has 0 unspecified atom stereocenters. The first kappa shape index (κ1) is 28.7. The molecule has 0 aliphatic carbocycles. The number of rotatable bonds is 4. The third kappa shape index (κ3) is 4.20. The summed E-state index contributed by atoms with van der Waals surface area (Å²) in [5.74, 6) is 1.56. The van der Waals surface area contributed by atoms with Crippen LogP contribution in [0.4, 0.5) is 0 Å². The molecule has 0 spiro atoms. The van der Waals surface area contributed by atoms with Crippen molar-refractivity contribution in [2.45, 2.75) is 0 Å². The molecule has 4 heterocycles. The lowest BCUT2D eigenvalue weighted by atomic mass is 9.99. The van der Waals surface area contributed by atoms with Gasteiger partial charge in [0.05, 0.1) is 39.0 Å². The van der Waals surface area contributed by atoms with E-state index in [4.69, 9.17) is 15.0 Å². The fraction of sp³-hybridized carbons (Fsp3) is 0. The summed E-state index contributed by atoms with van der Waals surface area (Å²) in [4.78, 5) is 16.0. The van der Waals surface area contributed by atoms with E-state index in [1.165, 1.54) is 10.8 Å². The van der Waals surface area contributed by atoms with Crippen molar-refractivity contribution in [3.8, 4) is 39.9 Å². The molecule has 4 aromatic heterocycles. The maximum atomic E-state index is 5.44. The van der Waals surface area contributed by atoms with Crippen molar-refractivity contribution in [2.24, 2.45) is 0 Å². The number of imidazole rings is 1. The first-order valence-electron chi connectivity index (χ1n) is 17.6. The molecular weight excluding hydrogens is 635 g/mol. The van der Waals surface area contributed by atoms with Gasteiger partial charge in [-0.1, -0.05) is 146 Å². The maximum Gasteiger partial charge on any atom is 0.235 e. The molecular formula is C47H29N5. The van der Waals surface area contributed by atoms with Crippen LogP contribution in [0.5, 0.6) is 0 Å². The van der Waals surface area contributed by atoms with E-state index < -0.39 is 0 Å². The molecule has 0 N–H and O–H groups in total. The SMILES string of the molecule is c1ccc(-c2nc(-n3c4ccccc4c4cc5c6ccccc6n6c(-c7ccccc7)nc(-c7ccccc7)c6c5cc43)nc3ccccc23)cc1. The molecule has 242 valence electrons. The first-order valence-corrected chi connectivity index (χ1v) is 17.6. The Morgan fingerprint density at radius 1 is 0.346 bits per heavy atom. The predicted molar refractivity (Wildman–Crippen MR) is 214 cm³/mol. The van der Waals surface area contributed by atoms with Gasteiger partial charge in [-0.05, 0) is 35.7 Å². The zero-order valence-electron chi connectivity index (χ0n) is 28.0. The van der Waals surface area contributed by atoms with Crippen molar-refractivity contribution in [1.82, 2.24) is 23.9 Å². The van der Waals surface area contributed by atoms with E-state index >= 15 is 0 Å². The van der Waals surface area contributed by atoms with Crippen LogP contribution in [0, 0.1) is 0 Å². The van der Waals surface area contributed by atoms with Crippen LogP contribution in [0.15, 0.2) is 176 Å². The Morgan fingerprint density at radius 3 is 1.62 bits per heavy atom. The summed E-state index contributed by atoms with van der Waals surface area (Å²) in [6, 6.07) is 61.8. The van der Waals surface area contributed by atoms with Crippen molar-refractivity contribution in [3.63, 3.8) is 0 Å². The van der Waals surface area contributed by atoms with Gasteiger partial charge >= 0.3 is 0 Å². The maximum absolute atomic E-state index is 5.44. The molecule has 7 aromatic carbocycles. The van der Waals surface area contributed by atoms with E-state index in [9.17, 15) is 0 Å². The van der Waals surface area contributed by atoms with Gasteiger partial charge in [0.2, 0.25) is 5.95 Å². The van der Waals surface area contributed by atoms with Gasteiger partial charge in [0.15, 0.2) is 0 Å². The first-order chi connectivity index (χ1) is 25.8. The summed E-state index contributed by atoms with van der Waals surface area (Å²) in [6.07, 6.45) is 0. The van der Waals surface area contributed by atoms with Gasteiger partial charge in [0, 0.05) is 43.6 Å². The van der Waals surface area contributed by atoms with Gasteiger partial charge < -0.3 is 0 Å². The van der Waals surface area contributed by atoms with E-state index in [-0.39, 0.29) is 0 Å². The molecule has 0 saturated carbocycles. The Morgan fingerprint density at radius 2 is 0.904 bits per heavy atom. The predicted octanol–water partition coefficient (Wildman–Crippen LogP) is 11.7. The number of aromatic nitrogens is 5. The van der Waals surface area contributed by atoms with Crippen LogP contribution < -0.4 is 0 Å². The van der Waals surface area contributed by atoms with Gasteiger partial charge in [0.25, 0.3) is 0 Å². The monoisotopic (exact) mass is 663 g/mol. The lowest BCUT2D eigenvalue weighted by Crippen LogP contribution is -2.03. The Kier molecular flexibility index (Phi) is 6.18. The highest BCUT2D eigenvalue weighted by Gasteiger charge is 2.23. The van der Waals surface area contributed by atoms with Crippen LogP contribution in [0.3, 0.4) is 0 Å². The minimum atomic E-state index is 0.640.